The van der Waals surface area contributed by atoms with Gasteiger partial charge in [-0.05, 0) is 37.8 Å². The smallest absolute Gasteiger partial charge is 0.321 e. The summed E-state index contributed by atoms with van der Waals surface area (Å²) >= 11 is 0. The number of anilines is 1. The van der Waals surface area contributed by atoms with Gasteiger partial charge in [0.25, 0.3) is 0 Å². The van der Waals surface area contributed by atoms with Crippen molar-refractivity contribution in [1.29, 1.82) is 0 Å². The van der Waals surface area contributed by atoms with Crippen LogP contribution in [0.5, 0.6) is 0 Å². The predicted molar refractivity (Wildman–Crippen MR) is 74.5 cm³/mol. The van der Waals surface area contributed by atoms with Crippen LogP contribution in [0.15, 0.2) is 18.3 Å². The first-order valence-electron chi connectivity index (χ1n) is 6.75. The number of amides is 2. The summed E-state index contributed by atoms with van der Waals surface area (Å²) in [4.78, 5) is 28.7. The van der Waals surface area contributed by atoms with Crippen LogP contribution in [-0.4, -0.2) is 40.1 Å². The molecular weight excluding hydrogens is 258 g/mol. The van der Waals surface area contributed by atoms with E-state index in [0.717, 1.165) is 18.5 Å². The minimum absolute atomic E-state index is 0.0446. The average Bonchev–Trinajstić information content (AvgIpc) is 2.41. The molecule has 2 rings (SSSR count). The summed E-state index contributed by atoms with van der Waals surface area (Å²) in [7, 11) is 0. The Morgan fingerprint density at radius 2 is 2.30 bits per heavy atom. The monoisotopic (exact) mass is 277 g/mol. The van der Waals surface area contributed by atoms with Gasteiger partial charge < -0.3 is 15.3 Å². The van der Waals surface area contributed by atoms with E-state index < -0.39 is 5.97 Å². The van der Waals surface area contributed by atoms with E-state index in [9.17, 15) is 9.59 Å². The van der Waals surface area contributed by atoms with E-state index in [0.29, 0.717) is 18.8 Å². The summed E-state index contributed by atoms with van der Waals surface area (Å²) in [5, 5.41) is 11.6. The normalized spacial score (nSPS) is 18.6. The molecule has 2 amide bonds. The summed E-state index contributed by atoms with van der Waals surface area (Å²) in [5.41, 5.74) is 1.54. The number of aromatic nitrogens is 1. The van der Waals surface area contributed by atoms with Crippen LogP contribution >= 0.6 is 0 Å². The van der Waals surface area contributed by atoms with E-state index >= 15 is 0 Å². The zero-order valence-corrected chi connectivity index (χ0v) is 11.5. The summed E-state index contributed by atoms with van der Waals surface area (Å²) in [6, 6.07) is 3.45. The van der Waals surface area contributed by atoms with Crippen molar-refractivity contribution >= 4 is 17.7 Å². The Bertz CT molecular complexity index is 487. The van der Waals surface area contributed by atoms with Gasteiger partial charge in [-0.2, -0.15) is 0 Å². The number of urea groups is 1. The van der Waals surface area contributed by atoms with Gasteiger partial charge in [-0.25, -0.2) is 4.79 Å². The molecule has 1 unspecified atom stereocenters. The number of pyridine rings is 1. The second kappa shape index (κ2) is 6.36. The van der Waals surface area contributed by atoms with Crippen molar-refractivity contribution in [3.05, 3.63) is 24.0 Å². The van der Waals surface area contributed by atoms with Crippen LogP contribution in [0, 0.1) is 12.8 Å². The molecule has 0 spiro atoms. The van der Waals surface area contributed by atoms with Crippen LogP contribution in [-0.2, 0) is 4.79 Å². The molecule has 1 aromatic heterocycles. The Morgan fingerprint density at radius 3 is 2.95 bits per heavy atom. The van der Waals surface area contributed by atoms with Gasteiger partial charge in [-0.3, -0.25) is 9.78 Å². The number of carboxylic acids is 1. The first kappa shape index (κ1) is 14.3. The number of carboxylic acid groups (broad SMARTS) is 1. The first-order valence-corrected chi connectivity index (χ1v) is 6.75. The largest absolute Gasteiger partial charge is 0.481 e. The van der Waals surface area contributed by atoms with Crippen molar-refractivity contribution in [3.63, 3.8) is 0 Å². The quantitative estimate of drug-likeness (QED) is 0.886. The van der Waals surface area contributed by atoms with Crippen LogP contribution in [0.1, 0.15) is 25.0 Å². The van der Waals surface area contributed by atoms with E-state index in [1.165, 1.54) is 0 Å². The minimum atomic E-state index is -0.806. The Hall–Kier alpha value is -2.11. The van der Waals surface area contributed by atoms with Gasteiger partial charge >= 0.3 is 12.0 Å². The molecule has 0 radical (unpaired) electrons. The van der Waals surface area contributed by atoms with Crippen LogP contribution < -0.4 is 5.32 Å². The van der Waals surface area contributed by atoms with E-state index in [4.69, 9.17) is 5.11 Å². The lowest BCUT2D eigenvalue weighted by molar-refractivity contribution is -0.138. The number of carbonyl (C=O) groups excluding carboxylic acids is 1. The van der Waals surface area contributed by atoms with Crippen molar-refractivity contribution in [2.75, 3.05) is 18.4 Å². The van der Waals surface area contributed by atoms with Crippen molar-refractivity contribution in [3.8, 4) is 0 Å². The van der Waals surface area contributed by atoms with Crippen LogP contribution in [0.3, 0.4) is 0 Å². The number of nitrogens with zero attached hydrogens (tertiary/aromatic N) is 2. The number of piperidine rings is 1. The molecule has 2 N–H and O–H groups in total. The maximum absolute atomic E-state index is 12.1. The molecule has 1 aromatic rings. The fourth-order valence-electron chi connectivity index (χ4n) is 2.41. The van der Waals surface area contributed by atoms with Crippen LogP contribution in [0.4, 0.5) is 10.5 Å². The molecular formula is C14H19N3O3. The van der Waals surface area contributed by atoms with Gasteiger partial charge in [-0.1, -0.05) is 0 Å². The maximum Gasteiger partial charge on any atom is 0.321 e. The highest BCUT2D eigenvalue weighted by molar-refractivity contribution is 5.89. The number of aliphatic carboxylic acids is 1. The lowest BCUT2D eigenvalue weighted by atomic mass is 9.95. The molecule has 1 saturated heterocycles. The van der Waals surface area contributed by atoms with Gasteiger partial charge in [0.15, 0.2) is 0 Å². The summed E-state index contributed by atoms with van der Waals surface area (Å²) < 4.78 is 0. The van der Waals surface area contributed by atoms with Crippen LogP contribution in [0.2, 0.25) is 0 Å². The summed E-state index contributed by atoms with van der Waals surface area (Å²) in [6.07, 6.45) is 3.45. The van der Waals surface area contributed by atoms with Gasteiger partial charge in [0.1, 0.15) is 0 Å². The molecule has 1 aliphatic heterocycles. The van der Waals surface area contributed by atoms with Crippen molar-refractivity contribution in [2.45, 2.75) is 26.2 Å². The van der Waals surface area contributed by atoms with E-state index in [-0.39, 0.29) is 18.4 Å². The molecule has 6 heteroatoms. The fourth-order valence-corrected chi connectivity index (χ4v) is 2.41. The molecule has 0 aromatic carbocycles. The molecule has 0 aliphatic carbocycles. The molecule has 6 nitrogen and oxygen atoms in total. The highest BCUT2D eigenvalue weighted by atomic mass is 16.4. The highest BCUT2D eigenvalue weighted by Crippen LogP contribution is 2.20. The van der Waals surface area contributed by atoms with Gasteiger partial charge in [0.2, 0.25) is 0 Å². The number of nitrogens with one attached hydrogen (secondary N) is 1. The van der Waals surface area contributed by atoms with E-state index in [1.807, 2.05) is 13.0 Å². The first-order chi connectivity index (χ1) is 9.54. The summed E-state index contributed by atoms with van der Waals surface area (Å²) in [5.74, 6) is -0.761. The van der Waals surface area contributed by atoms with Gasteiger partial charge in [0, 0.05) is 25.2 Å². The number of carbonyl (C=O) groups is 2. The third-order valence-electron chi connectivity index (χ3n) is 3.43. The third kappa shape index (κ3) is 3.94. The molecule has 108 valence electrons. The maximum atomic E-state index is 12.1. The molecule has 0 bridgehead atoms. The highest BCUT2D eigenvalue weighted by Gasteiger charge is 2.25. The molecule has 20 heavy (non-hydrogen) atoms. The number of hydrogen-bond donors (Lipinski definition) is 2. The SMILES string of the molecule is Cc1ccc(NC(=O)N2CCCC(CC(=O)O)C2)cn1. The van der Waals surface area contributed by atoms with E-state index in [1.54, 1.807) is 17.2 Å². The Balaban J connectivity index is 1.91. The van der Waals surface area contributed by atoms with Gasteiger partial charge in [-0.15, -0.1) is 0 Å². The molecule has 1 atom stereocenters. The molecule has 1 aliphatic rings. The minimum Gasteiger partial charge on any atom is -0.481 e. The number of aryl methyl sites for hydroxylation is 1. The second-order valence-electron chi connectivity index (χ2n) is 5.17. The number of rotatable bonds is 3. The fraction of sp³-hybridized carbons (Fsp3) is 0.500. The van der Waals surface area contributed by atoms with Gasteiger partial charge in [0.05, 0.1) is 11.9 Å². The molecule has 1 fully saturated rings. The molecule has 0 saturated carbocycles. The Morgan fingerprint density at radius 1 is 1.50 bits per heavy atom. The Labute approximate surface area is 117 Å². The molecule has 2 heterocycles. The average molecular weight is 277 g/mol. The predicted octanol–water partition coefficient (Wildman–Crippen LogP) is 2.11. The van der Waals surface area contributed by atoms with Crippen LogP contribution in [0.25, 0.3) is 0 Å². The Kier molecular flexibility index (Phi) is 4.55. The topological polar surface area (TPSA) is 82.5 Å². The summed E-state index contributed by atoms with van der Waals surface area (Å²) in [6.45, 7) is 3.05. The number of hydrogen-bond acceptors (Lipinski definition) is 3. The standard InChI is InChI=1S/C14H19N3O3/c1-10-4-5-12(8-15-10)16-14(20)17-6-2-3-11(9-17)7-13(18)19/h4-5,8,11H,2-3,6-7,9H2,1H3,(H,16,20)(H,18,19). The zero-order chi connectivity index (χ0) is 14.5. The van der Waals surface area contributed by atoms with Crippen molar-refractivity contribution in [1.82, 2.24) is 9.88 Å². The second-order valence-corrected chi connectivity index (χ2v) is 5.17. The zero-order valence-electron chi connectivity index (χ0n) is 11.5. The lowest BCUT2D eigenvalue weighted by Gasteiger charge is -2.32. The number of likely N-dealkylation sites (tertiary alicyclic amines) is 1. The van der Waals surface area contributed by atoms with Crippen molar-refractivity contribution < 1.29 is 14.7 Å². The lowest BCUT2D eigenvalue weighted by Crippen LogP contribution is -2.42. The van der Waals surface area contributed by atoms with E-state index in [2.05, 4.69) is 10.3 Å². The van der Waals surface area contributed by atoms with Crippen molar-refractivity contribution in [2.24, 2.45) is 5.92 Å². The third-order valence-corrected chi connectivity index (χ3v) is 3.43.